The third kappa shape index (κ3) is 3.40. The smallest absolute Gasteiger partial charge is 0.199 e. The zero-order chi connectivity index (χ0) is 13.9. The number of carbonyl (C=O) groups excluding carboxylic acids is 1. The summed E-state index contributed by atoms with van der Waals surface area (Å²) in [4.78, 5) is 12.4. The number of hydrogen-bond donors (Lipinski definition) is 1. The molecule has 0 saturated carbocycles. The van der Waals surface area contributed by atoms with Crippen molar-refractivity contribution in [1.82, 2.24) is 9.78 Å². The summed E-state index contributed by atoms with van der Waals surface area (Å²) in [6.07, 6.45) is 1.61. The zero-order valence-corrected chi connectivity index (χ0v) is 12.8. The Morgan fingerprint density at radius 3 is 2.72 bits per heavy atom. The molecule has 1 aromatic heterocycles. The highest BCUT2D eigenvalue weighted by molar-refractivity contribution is 9.10. The molecule has 1 rings (SSSR count). The summed E-state index contributed by atoms with van der Waals surface area (Å²) in [6, 6.07) is -0.563. The Labute approximate surface area is 116 Å². The van der Waals surface area contributed by atoms with Crippen molar-refractivity contribution in [2.75, 3.05) is 13.7 Å². The van der Waals surface area contributed by atoms with Gasteiger partial charge in [0.15, 0.2) is 5.78 Å². The van der Waals surface area contributed by atoms with E-state index >= 15 is 0 Å². The summed E-state index contributed by atoms with van der Waals surface area (Å²) in [5, 5.41) is 4.15. The lowest BCUT2D eigenvalue weighted by atomic mass is 9.84. The van der Waals surface area contributed by atoms with Gasteiger partial charge in [0.1, 0.15) is 5.69 Å². The Morgan fingerprint density at radius 1 is 1.61 bits per heavy atom. The number of methoxy groups -OCH3 is 1. The van der Waals surface area contributed by atoms with Crippen LogP contribution in [0.3, 0.4) is 0 Å². The van der Waals surface area contributed by atoms with Crippen molar-refractivity contribution >= 4 is 21.7 Å². The van der Waals surface area contributed by atoms with E-state index in [1.54, 1.807) is 18.0 Å². The van der Waals surface area contributed by atoms with Crippen molar-refractivity contribution in [3.05, 3.63) is 16.4 Å². The van der Waals surface area contributed by atoms with Crippen LogP contribution in [0, 0.1) is 5.41 Å². The van der Waals surface area contributed by atoms with Crippen molar-refractivity contribution in [2.45, 2.75) is 33.4 Å². The van der Waals surface area contributed by atoms with Crippen molar-refractivity contribution in [3.63, 3.8) is 0 Å². The molecular weight excluding hydrogens is 298 g/mol. The number of rotatable bonds is 5. The van der Waals surface area contributed by atoms with Crippen molar-refractivity contribution in [3.8, 4) is 0 Å². The Kier molecular flexibility index (Phi) is 5.07. The van der Waals surface area contributed by atoms with E-state index in [-0.39, 0.29) is 11.2 Å². The number of nitrogens with two attached hydrogens (primary N) is 1. The maximum atomic E-state index is 12.4. The first-order chi connectivity index (χ1) is 8.29. The van der Waals surface area contributed by atoms with Crippen molar-refractivity contribution < 1.29 is 9.53 Å². The molecule has 0 saturated heterocycles. The molecular formula is C12H20BrN3O2. The third-order valence-corrected chi connectivity index (χ3v) is 3.33. The Bertz CT molecular complexity index is 423. The largest absolute Gasteiger partial charge is 0.383 e. The topological polar surface area (TPSA) is 70.1 Å². The Hall–Kier alpha value is -0.720. The minimum atomic E-state index is -0.563. The van der Waals surface area contributed by atoms with Gasteiger partial charge in [-0.2, -0.15) is 5.10 Å². The average Bonchev–Trinajstić information content (AvgIpc) is 2.64. The molecule has 18 heavy (non-hydrogen) atoms. The zero-order valence-electron chi connectivity index (χ0n) is 11.2. The maximum absolute atomic E-state index is 12.4. The summed E-state index contributed by atoms with van der Waals surface area (Å²) in [7, 11) is 1.61. The van der Waals surface area contributed by atoms with E-state index in [9.17, 15) is 4.79 Å². The first kappa shape index (κ1) is 15.3. The monoisotopic (exact) mass is 317 g/mol. The van der Waals surface area contributed by atoms with Crippen LogP contribution in [-0.2, 0) is 11.3 Å². The van der Waals surface area contributed by atoms with Crippen LogP contribution in [-0.4, -0.2) is 35.3 Å². The maximum Gasteiger partial charge on any atom is 0.199 e. The van der Waals surface area contributed by atoms with Crippen LogP contribution in [0.25, 0.3) is 0 Å². The van der Waals surface area contributed by atoms with E-state index < -0.39 is 6.04 Å². The number of carbonyl (C=O) groups is 1. The molecule has 102 valence electrons. The van der Waals surface area contributed by atoms with Gasteiger partial charge >= 0.3 is 0 Å². The van der Waals surface area contributed by atoms with E-state index in [1.807, 2.05) is 20.8 Å². The van der Waals surface area contributed by atoms with Crippen LogP contribution in [0.4, 0.5) is 0 Å². The molecule has 1 atom stereocenters. The number of aromatic nitrogens is 2. The van der Waals surface area contributed by atoms with Gasteiger partial charge in [0, 0.05) is 7.11 Å². The Morgan fingerprint density at radius 2 is 2.22 bits per heavy atom. The number of nitrogens with zero attached hydrogens (tertiary/aromatic N) is 2. The molecule has 0 aliphatic rings. The van der Waals surface area contributed by atoms with Crippen LogP contribution >= 0.6 is 15.9 Å². The molecule has 0 amide bonds. The third-order valence-electron chi connectivity index (χ3n) is 2.75. The van der Waals surface area contributed by atoms with Crippen LogP contribution in [0.15, 0.2) is 10.7 Å². The molecule has 0 spiro atoms. The van der Waals surface area contributed by atoms with Gasteiger partial charge in [0.2, 0.25) is 0 Å². The second-order valence-corrected chi connectivity index (χ2v) is 6.12. The first-order valence-electron chi connectivity index (χ1n) is 5.79. The average molecular weight is 318 g/mol. The minimum absolute atomic E-state index is 0.108. The highest BCUT2D eigenvalue weighted by atomic mass is 79.9. The quantitative estimate of drug-likeness (QED) is 0.841. The van der Waals surface area contributed by atoms with Gasteiger partial charge in [0.05, 0.1) is 29.9 Å². The summed E-state index contributed by atoms with van der Waals surface area (Å²) >= 11 is 3.34. The standard InChI is InChI=1S/C12H20BrN3O2/c1-12(2,3)11(14)10(17)9-8(13)7-15-16(9)5-6-18-4/h7,11H,5-6,14H2,1-4H3. The molecule has 0 fully saturated rings. The molecule has 0 radical (unpaired) electrons. The molecule has 1 aromatic rings. The molecule has 0 aromatic carbocycles. The van der Waals surface area contributed by atoms with E-state index in [1.165, 1.54) is 0 Å². The van der Waals surface area contributed by atoms with E-state index in [2.05, 4.69) is 21.0 Å². The van der Waals surface area contributed by atoms with Crippen LogP contribution in [0.1, 0.15) is 31.3 Å². The van der Waals surface area contributed by atoms with E-state index in [0.29, 0.717) is 23.3 Å². The first-order valence-corrected chi connectivity index (χ1v) is 6.58. The van der Waals surface area contributed by atoms with Gasteiger partial charge in [-0.05, 0) is 21.3 Å². The molecule has 1 unspecified atom stereocenters. The molecule has 5 nitrogen and oxygen atoms in total. The summed E-state index contributed by atoms with van der Waals surface area (Å²) in [6.45, 7) is 6.86. The molecule has 6 heteroatoms. The number of Topliss-reactive ketones (excluding diaryl/α,β-unsaturated/α-hetero) is 1. The second-order valence-electron chi connectivity index (χ2n) is 5.27. The summed E-state index contributed by atoms with van der Waals surface area (Å²) in [5.41, 5.74) is 6.23. The van der Waals surface area contributed by atoms with E-state index in [0.717, 1.165) is 0 Å². The van der Waals surface area contributed by atoms with Gasteiger partial charge in [-0.3, -0.25) is 9.48 Å². The van der Waals surface area contributed by atoms with Gasteiger partial charge in [-0.1, -0.05) is 20.8 Å². The molecule has 0 aliphatic carbocycles. The van der Waals surface area contributed by atoms with E-state index in [4.69, 9.17) is 10.5 Å². The van der Waals surface area contributed by atoms with Crippen LogP contribution in [0.5, 0.6) is 0 Å². The normalized spacial score (nSPS) is 13.7. The minimum Gasteiger partial charge on any atom is -0.383 e. The SMILES string of the molecule is COCCn1ncc(Br)c1C(=O)C(N)C(C)(C)C. The fourth-order valence-electron chi connectivity index (χ4n) is 1.50. The highest BCUT2D eigenvalue weighted by Gasteiger charge is 2.31. The predicted molar refractivity (Wildman–Crippen MR) is 73.6 cm³/mol. The van der Waals surface area contributed by atoms with Crippen molar-refractivity contribution in [1.29, 1.82) is 0 Å². The lowest BCUT2D eigenvalue weighted by molar-refractivity contribution is 0.0886. The van der Waals surface area contributed by atoms with Gasteiger partial charge in [-0.15, -0.1) is 0 Å². The fourth-order valence-corrected chi connectivity index (χ4v) is 1.99. The number of ketones is 1. The van der Waals surface area contributed by atoms with Crippen molar-refractivity contribution in [2.24, 2.45) is 11.1 Å². The Balaban J connectivity index is 3.01. The van der Waals surface area contributed by atoms with Crippen LogP contribution < -0.4 is 5.73 Å². The van der Waals surface area contributed by atoms with Gasteiger partial charge in [-0.25, -0.2) is 0 Å². The molecule has 2 N–H and O–H groups in total. The van der Waals surface area contributed by atoms with Gasteiger partial charge in [0.25, 0.3) is 0 Å². The van der Waals surface area contributed by atoms with Gasteiger partial charge < -0.3 is 10.5 Å². The molecule has 1 heterocycles. The number of hydrogen-bond acceptors (Lipinski definition) is 4. The lowest BCUT2D eigenvalue weighted by Gasteiger charge is -2.25. The molecule has 0 aliphatic heterocycles. The lowest BCUT2D eigenvalue weighted by Crippen LogP contribution is -2.43. The molecule has 0 bridgehead atoms. The number of halogens is 1. The van der Waals surface area contributed by atoms with Crippen LogP contribution in [0.2, 0.25) is 0 Å². The fraction of sp³-hybridized carbons (Fsp3) is 0.667. The predicted octanol–water partition coefficient (Wildman–Crippen LogP) is 1.85. The summed E-state index contributed by atoms with van der Waals surface area (Å²) in [5.74, 6) is -0.108. The second kappa shape index (κ2) is 5.95. The summed E-state index contributed by atoms with van der Waals surface area (Å²) < 4.78 is 7.30. The number of ether oxygens (including phenoxy) is 1. The highest BCUT2D eigenvalue weighted by Crippen LogP contribution is 2.24.